The van der Waals surface area contributed by atoms with E-state index in [-0.39, 0.29) is 18.2 Å². The number of hydrogen-bond acceptors (Lipinski definition) is 5. The van der Waals surface area contributed by atoms with Crippen LogP contribution in [0.2, 0.25) is 0 Å². The van der Waals surface area contributed by atoms with Gasteiger partial charge in [-0.15, -0.1) is 0 Å². The third kappa shape index (κ3) is 4.32. The fourth-order valence-electron chi connectivity index (χ4n) is 4.87. The predicted molar refractivity (Wildman–Crippen MR) is 128 cm³/mol. The van der Waals surface area contributed by atoms with Crippen molar-refractivity contribution in [2.45, 2.75) is 26.2 Å². The van der Waals surface area contributed by atoms with Gasteiger partial charge in [-0.1, -0.05) is 25.1 Å². The van der Waals surface area contributed by atoms with Gasteiger partial charge in [-0.25, -0.2) is 17.7 Å². The second-order valence-corrected chi connectivity index (χ2v) is 10.9. The molecule has 1 saturated heterocycles. The number of carbonyl (C=O) groups excluding carboxylic acids is 1. The molecule has 2 aliphatic rings. The number of furan rings is 1. The molecule has 0 bridgehead atoms. The van der Waals surface area contributed by atoms with Gasteiger partial charge in [-0.05, 0) is 60.6 Å². The molecule has 1 unspecified atom stereocenters. The van der Waals surface area contributed by atoms with Gasteiger partial charge in [0.05, 0.1) is 28.8 Å². The Morgan fingerprint density at radius 2 is 2.09 bits per heavy atom. The Bertz CT molecular complexity index is 1330. The van der Waals surface area contributed by atoms with E-state index in [0.29, 0.717) is 31.0 Å². The summed E-state index contributed by atoms with van der Waals surface area (Å²) in [6.45, 7) is 3.26. The van der Waals surface area contributed by atoms with Crippen molar-refractivity contribution in [3.05, 3.63) is 65.2 Å². The van der Waals surface area contributed by atoms with Crippen molar-refractivity contribution in [3.63, 3.8) is 0 Å². The molecule has 1 fully saturated rings. The van der Waals surface area contributed by atoms with E-state index in [9.17, 15) is 13.2 Å². The van der Waals surface area contributed by atoms with E-state index in [1.165, 1.54) is 4.31 Å². The Hall–Kier alpha value is -2.97. The maximum absolute atomic E-state index is 13.5. The van der Waals surface area contributed by atoms with Crippen molar-refractivity contribution in [1.29, 1.82) is 0 Å². The standard InChI is InChI=1S/C25H27N3O4S/c1-17-14-18(16-19-6-4-12-32-19)24-21(15-17)23(20-7-2-3-8-22(20)27-24)25(29)26-9-11-28-10-5-13-33(28,30)31/h2-4,6-8,12,16-17H,5,9-11,13-15H2,1H3,(H,26,29)/b18-16-. The van der Waals surface area contributed by atoms with E-state index in [1.54, 1.807) is 6.26 Å². The third-order valence-corrected chi connectivity index (χ3v) is 8.31. The maximum Gasteiger partial charge on any atom is 0.252 e. The van der Waals surface area contributed by atoms with E-state index in [0.717, 1.165) is 46.3 Å². The second-order valence-electron chi connectivity index (χ2n) is 8.85. The number of hydrogen-bond donors (Lipinski definition) is 1. The van der Waals surface area contributed by atoms with Crippen LogP contribution in [0.4, 0.5) is 0 Å². The first-order chi connectivity index (χ1) is 15.9. The summed E-state index contributed by atoms with van der Waals surface area (Å²) in [6.07, 6.45) is 5.91. The Labute approximate surface area is 193 Å². The van der Waals surface area contributed by atoms with Crippen LogP contribution < -0.4 is 5.32 Å². The zero-order valence-corrected chi connectivity index (χ0v) is 19.4. The molecule has 2 aromatic heterocycles. The van der Waals surface area contributed by atoms with Gasteiger partial charge in [-0.3, -0.25) is 4.79 Å². The lowest BCUT2D eigenvalue weighted by atomic mass is 9.80. The van der Waals surface area contributed by atoms with E-state index in [1.807, 2.05) is 42.5 Å². The van der Waals surface area contributed by atoms with E-state index in [4.69, 9.17) is 9.40 Å². The lowest BCUT2D eigenvalue weighted by Crippen LogP contribution is -2.36. The Morgan fingerprint density at radius 1 is 1.24 bits per heavy atom. The first-order valence-electron chi connectivity index (χ1n) is 11.3. The smallest absolute Gasteiger partial charge is 0.252 e. The fraction of sp³-hybridized carbons (Fsp3) is 0.360. The van der Waals surface area contributed by atoms with Gasteiger partial charge in [0.25, 0.3) is 5.91 Å². The molecule has 172 valence electrons. The fourth-order valence-corrected chi connectivity index (χ4v) is 6.39. The summed E-state index contributed by atoms with van der Waals surface area (Å²) >= 11 is 0. The van der Waals surface area contributed by atoms with Gasteiger partial charge in [0.15, 0.2) is 0 Å². The van der Waals surface area contributed by atoms with Crippen LogP contribution in [-0.4, -0.2) is 49.0 Å². The van der Waals surface area contributed by atoms with Crippen molar-refractivity contribution in [3.8, 4) is 0 Å². The average molecular weight is 466 g/mol. The number of rotatable bonds is 5. The van der Waals surface area contributed by atoms with Gasteiger partial charge in [0, 0.05) is 25.0 Å². The van der Waals surface area contributed by atoms with Gasteiger partial charge in [0.2, 0.25) is 10.0 Å². The number of amides is 1. The number of benzene rings is 1. The molecular formula is C25H27N3O4S. The van der Waals surface area contributed by atoms with Crippen molar-refractivity contribution in [2.24, 2.45) is 5.92 Å². The monoisotopic (exact) mass is 465 g/mol. The summed E-state index contributed by atoms with van der Waals surface area (Å²) in [4.78, 5) is 18.4. The molecular weight excluding hydrogens is 438 g/mol. The highest BCUT2D eigenvalue weighted by Gasteiger charge is 2.30. The van der Waals surface area contributed by atoms with Crippen LogP contribution in [0.1, 0.15) is 47.1 Å². The first-order valence-corrected chi connectivity index (χ1v) is 13.0. The molecule has 3 heterocycles. The molecule has 0 radical (unpaired) electrons. The summed E-state index contributed by atoms with van der Waals surface area (Å²) in [5.41, 5.74) is 4.24. The lowest BCUT2D eigenvalue weighted by Gasteiger charge is -2.26. The zero-order chi connectivity index (χ0) is 23.0. The minimum Gasteiger partial charge on any atom is -0.465 e. The van der Waals surface area contributed by atoms with E-state index in [2.05, 4.69) is 12.2 Å². The number of nitrogens with zero attached hydrogens (tertiary/aromatic N) is 2. The normalized spacial score (nSPS) is 21.4. The zero-order valence-electron chi connectivity index (χ0n) is 18.6. The van der Waals surface area contributed by atoms with Crippen LogP contribution in [0.5, 0.6) is 0 Å². The minimum absolute atomic E-state index is 0.187. The SMILES string of the molecule is CC1C/C(=C/c2ccco2)c2nc3ccccc3c(C(=O)NCCN3CCCS3(=O)=O)c2C1. The van der Waals surface area contributed by atoms with Crippen molar-refractivity contribution < 1.29 is 17.6 Å². The first kappa shape index (κ1) is 21.9. The molecule has 1 aliphatic heterocycles. The highest BCUT2D eigenvalue weighted by Crippen LogP contribution is 2.38. The number of nitrogens with one attached hydrogen (secondary N) is 1. The van der Waals surface area contributed by atoms with Crippen LogP contribution >= 0.6 is 0 Å². The van der Waals surface area contributed by atoms with Gasteiger partial charge < -0.3 is 9.73 Å². The van der Waals surface area contributed by atoms with Gasteiger partial charge >= 0.3 is 0 Å². The minimum atomic E-state index is -3.18. The molecule has 5 rings (SSSR count). The molecule has 0 spiro atoms. The molecule has 1 amide bonds. The Kier molecular flexibility index (Phi) is 5.80. The number of pyridine rings is 1. The van der Waals surface area contributed by atoms with Crippen molar-refractivity contribution in [1.82, 2.24) is 14.6 Å². The maximum atomic E-state index is 13.5. The Balaban J connectivity index is 1.51. The van der Waals surface area contributed by atoms with Crippen LogP contribution in [-0.2, 0) is 16.4 Å². The average Bonchev–Trinajstić information content (AvgIpc) is 3.41. The summed E-state index contributed by atoms with van der Waals surface area (Å²) < 4.78 is 31.1. The number of sulfonamides is 1. The highest BCUT2D eigenvalue weighted by atomic mass is 32.2. The second kappa shape index (κ2) is 8.76. The van der Waals surface area contributed by atoms with Crippen LogP contribution in [0.3, 0.4) is 0 Å². The topological polar surface area (TPSA) is 92.5 Å². The van der Waals surface area contributed by atoms with Crippen molar-refractivity contribution >= 4 is 38.5 Å². The van der Waals surface area contributed by atoms with Crippen LogP contribution in [0.15, 0.2) is 47.1 Å². The molecule has 1 aliphatic carbocycles. The lowest BCUT2D eigenvalue weighted by molar-refractivity contribution is 0.0952. The molecule has 7 nitrogen and oxygen atoms in total. The Morgan fingerprint density at radius 3 is 2.85 bits per heavy atom. The van der Waals surface area contributed by atoms with E-state index >= 15 is 0 Å². The largest absolute Gasteiger partial charge is 0.465 e. The molecule has 1 atom stereocenters. The van der Waals surface area contributed by atoms with Crippen molar-refractivity contribution in [2.75, 3.05) is 25.4 Å². The number of carbonyl (C=O) groups is 1. The predicted octanol–water partition coefficient (Wildman–Crippen LogP) is 3.72. The summed E-state index contributed by atoms with van der Waals surface area (Å²) in [5, 5.41) is 3.78. The molecule has 3 aromatic rings. The van der Waals surface area contributed by atoms with Gasteiger partial charge in [-0.2, -0.15) is 0 Å². The summed E-state index contributed by atoms with van der Waals surface area (Å²) in [5.74, 6) is 1.11. The molecule has 33 heavy (non-hydrogen) atoms. The number of allylic oxidation sites excluding steroid dienone is 1. The molecule has 0 saturated carbocycles. The molecule has 1 aromatic carbocycles. The number of fused-ring (bicyclic) bond motifs is 2. The van der Waals surface area contributed by atoms with Crippen LogP contribution in [0, 0.1) is 5.92 Å². The number of aromatic nitrogens is 1. The highest BCUT2D eigenvalue weighted by molar-refractivity contribution is 7.89. The molecule has 1 N–H and O–H groups in total. The third-order valence-electron chi connectivity index (χ3n) is 6.36. The summed E-state index contributed by atoms with van der Waals surface area (Å²) in [7, 11) is -3.18. The van der Waals surface area contributed by atoms with Crippen LogP contribution in [0.25, 0.3) is 22.6 Å². The number of para-hydroxylation sites is 1. The molecule has 8 heteroatoms. The quantitative estimate of drug-likeness (QED) is 0.620. The van der Waals surface area contributed by atoms with E-state index < -0.39 is 10.0 Å². The summed E-state index contributed by atoms with van der Waals surface area (Å²) in [6, 6.07) is 11.4. The van der Waals surface area contributed by atoms with Gasteiger partial charge in [0.1, 0.15) is 5.76 Å².